The number of carbonyl (C=O) groups is 1. The molecule has 2 amide bonds. The maximum absolute atomic E-state index is 12.9. The number of halogens is 2. The number of aromatic nitrogens is 3. The second kappa shape index (κ2) is 9.03. The van der Waals surface area contributed by atoms with Crippen molar-refractivity contribution < 1.29 is 9.53 Å². The number of nitrogens with one attached hydrogen (secondary N) is 2. The highest BCUT2D eigenvalue weighted by Gasteiger charge is 2.30. The van der Waals surface area contributed by atoms with Crippen LogP contribution in [0, 0.1) is 0 Å². The largest absolute Gasteiger partial charge is 0.497 e. The van der Waals surface area contributed by atoms with Crippen LogP contribution >= 0.6 is 23.2 Å². The molecule has 162 valence electrons. The van der Waals surface area contributed by atoms with Gasteiger partial charge in [0.15, 0.2) is 5.82 Å². The van der Waals surface area contributed by atoms with Gasteiger partial charge in [-0.05, 0) is 55.3 Å². The number of methoxy groups -OCH3 is 1. The SMILES string of the molecule is COc1ccc(-c2nn(CCNC(=O)Nc3ccc(Cl)c(Cl)c3)c(=O)n2C2CC2)cc1. The van der Waals surface area contributed by atoms with E-state index in [0.717, 1.165) is 24.2 Å². The van der Waals surface area contributed by atoms with Crippen LogP contribution in [0.1, 0.15) is 18.9 Å². The molecular weight excluding hydrogens is 441 g/mol. The zero-order chi connectivity index (χ0) is 22.0. The number of hydrogen-bond acceptors (Lipinski definition) is 4. The minimum Gasteiger partial charge on any atom is -0.497 e. The summed E-state index contributed by atoms with van der Waals surface area (Å²) in [4.78, 5) is 25.0. The molecule has 1 aliphatic rings. The second-order valence-corrected chi connectivity index (χ2v) is 7.98. The topological polar surface area (TPSA) is 90.2 Å². The lowest BCUT2D eigenvalue weighted by molar-refractivity contribution is 0.251. The number of amides is 2. The molecular formula is C21H21Cl2N5O3. The van der Waals surface area contributed by atoms with Crippen molar-refractivity contribution >= 4 is 34.9 Å². The normalized spacial score (nSPS) is 13.1. The van der Waals surface area contributed by atoms with Gasteiger partial charge in [0.25, 0.3) is 0 Å². The predicted octanol–water partition coefficient (Wildman–Crippen LogP) is 4.18. The molecule has 1 saturated carbocycles. The maximum Gasteiger partial charge on any atom is 0.346 e. The molecule has 1 aromatic heterocycles. The molecule has 10 heteroatoms. The van der Waals surface area contributed by atoms with Crippen molar-refractivity contribution in [3.8, 4) is 17.1 Å². The molecule has 0 atom stereocenters. The highest BCUT2D eigenvalue weighted by atomic mass is 35.5. The number of benzene rings is 2. The lowest BCUT2D eigenvalue weighted by atomic mass is 10.2. The fraction of sp³-hybridized carbons (Fsp3) is 0.286. The van der Waals surface area contributed by atoms with Crippen LogP contribution in [0.5, 0.6) is 5.75 Å². The molecule has 2 aromatic carbocycles. The van der Waals surface area contributed by atoms with Gasteiger partial charge in [0.1, 0.15) is 5.75 Å². The van der Waals surface area contributed by atoms with Gasteiger partial charge in [-0.15, -0.1) is 5.10 Å². The fourth-order valence-electron chi connectivity index (χ4n) is 3.19. The van der Waals surface area contributed by atoms with Crippen LogP contribution in [0.2, 0.25) is 10.0 Å². The van der Waals surface area contributed by atoms with Crippen molar-refractivity contribution in [1.82, 2.24) is 19.7 Å². The lowest BCUT2D eigenvalue weighted by Crippen LogP contribution is -2.34. The van der Waals surface area contributed by atoms with Gasteiger partial charge in [0.05, 0.1) is 23.7 Å². The van der Waals surface area contributed by atoms with E-state index in [1.807, 2.05) is 24.3 Å². The van der Waals surface area contributed by atoms with Crippen molar-refractivity contribution in [2.75, 3.05) is 19.0 Å². The van der Waals surface area contributed by atoms with E-state index in [9.17, 15) is 9.59 Å². The van der Waals surface area contributed by atoms with Crippen LogP contribution in [0.3, 0.4) is 0 Å². The van der Waals surface area contributed by atoms with Crippen molar-refractivity contribution in [3.63, 3.8) is 0 Å². The monoisotopic (exact) mass is 461 g/mol. The van der Waals surface area contributed by atoms with Gasteiger partial charge in [0.2, 0.25) is 0 Å². The van der Waals surface area contributed by atoms with E-state index in [1.165, 1.54) is 4.68 Å². The molecule has 1 aliphatic carbocycles. The third kappa shape index (κ3) is 4.86. The Labute approximate surface area is 188 Å². The van der Waals surface area contributed by atoms with E-state index in [-0.39, 0.29) is 24.8 Å². The molecule has 0 saturated heterocycles. The summed E-state index contributed by atoms with van der Waals surface area (Å²) in [6.45, 7) is 0.479. The lowest BCUT2D eigenvalue weighted by Gasteiger charge is -2.08. The van der Waals surface area contributed by atoms with E-state index >= 15 is 0 Å². The number of carbonyl (C=O) groups excluding carboxylic acids is 1. The summed E-state index contributed by atoms with van der Waals surface area (Å²) in [5, 5.41) is 10.7. The van der Waals surface area contributed by atoms with E-state index in [2.05, 4.69) is 15.7 Å². The highest BCUT2D eigenvalue weighted by Crippen LogP contribution is 2.36. The summed E-state index contributed by atoms with van der Waals surface area (Å²) in [5.41, 5.74) is 1.18. The Morgan fingerprint density at radius 2 is 1.90 bits per heavy atom. The molecule has 8 nitrogen and oxygen atoms in total. The number of anilines is 1. The van der Waals surface area contributed by atoms with Gasteiger partial charge >= 0.3 is 11.7 Å². The Kier molecular flexibility index (Phi) is 6.20. The Bertz CT molecular complexity index is 1150. The van der Waals surface area contributed by atoms with Gasteiger partial charge < -0.3 is 15.4 Å². The van der Waals surface area contributed by atoms with Crippen molar-refractivity contribution in [1.29, 1.82) is 0 Å². The Hall–Kier alpha value is -2.97. The van der Waals surface area contributed by atoms with Crippen LogP contribution < -0.4 is 21.1 Å². The quantitative estimate of drug-likeness (QED) is 0.551. The van der Waals surface area contributed by atoms with E-state index in [4.69, 9.17) is 27.9 Å². The van der Waals surface area contributed by atoms with E-state index < -0.39 is 6.03 Å². The van der Waals surface area contributed by atoms with Crippen molar-refractivity contribution in [3.05, 3.63) is 63.0 Å². The Morgan fingerprint density at radius 1 is 1.16 bits per heavy atom. The first-order valence-corrected chi connectivity index (χ1v) is 10.6. The molecule has 0 bridgehead atoms. The van der Waals surface area contributed by atoms with Crippen LogP contribution in [-0.4, -0.2) is 34.0 Å². The molecule has 0 unspecified atom stereocenters. The van der Waals surface area contributed by atoms with E-state index in [1.54, 1.807) is 29.9 Å². The van der Waals surface area contributed by atoms with Gasteiger partial charge in [-0.25, -0.2) is 14.3 Å². The molecule has 1 fully saturated rings. The Balaban J connectivity index is 1.43. The van der Waals surface area contributed by atoms with Crippen LogP contribution in [0.15, 0.2) is 47.3 Å². The molecule has 0 radical (unpaired) electrons. The second-order valence-electron chi connectivity index (χ2n) is 7.17. The zero-order valence-corrected chi connectivity index (χ0v) is 18.3. The number of urea groups is 1. The average Bonchev–Trinajstić information content (AvgIpc) is 3.55. The fourth-order valence-corrected chi connectivity index (χ4v) is 3.49. The highest BCUT2D eigenvalue weighted by molar-refractivity contribution is 6.42. The minimum atomic E-state index is -0.413. The van der Waals surface area contributed by atoms with Crippen molar-refractivity contribution in [2.45, 2.75) is 25.4 Å². The molecule has 2 N–H and O–H groups in total. The summed E-state index contributed by atoms with van der Waals surface area (Å²) in [5.74, 6) is 1.36. The molecule has 31 heavy (non-hydrogen) atoms. The molecule has 0 aliphatic heterocycles. The number of hydrogen-bond donors (Lipinski definition) is 2. The van der Waals surface area contributed by atoms with Crippen LogP contribution in [0.4, 0.5) is 10.5 Å². The third-order valence-corrected chi connectivity index (χ3v) is 5.66. The first kappa shape index (κ1) is 21.3. The predicted molar refractivity (Wildman–Crippen MR) is 120 cm³/mol. The average molecular weight is 462 g/mol. The molecule has 3 aromatic rings. The third-order valence-electron chi connectivity index (χ3n) is 4.92. The zero-order valence-electron chi connectivity index (χ0n) is 16.8. The van der Waals surface area contributed by atoms with E-state index in [0.29, 0.717) is 21.6 Å². The smallest absolute Gasteiger partial charge is 0.346 e. The molecule has 1 heterocycles. The first-order chi connectivity index (χ1) is 15.0. The van der Waals surface area contributed by atoms with Gasteiger partial charge in [-0.2, -0.15) is 0 Å². The summed E-state index contributed by atoms with van der Waals surface area (Å²) in [6, 6.07) is 12.0. The summed E-state index contributed by atoms with van der Waals surface area (Å²) < 4.78 is 8.32. The number of rotatable bonds is 7. The minimum absolute atomic E-state index is 0.171. The molecule has 4 rings (SSSR count). The molecule has 0 spiro atoms. The summed E-state index contributed by atoms with van der Waals surface area (Å²) >= 11 is 11.8. The number of nitrogens with zero attached hydrogens (tertiary/aromatic N) is 3. The van der Waals surface area contributed by atoms with Gasteiger partial charge in [-0.1, -0.05) is 23.2 Å². The van der Waals surface area contributed by atoms with Crippen LogP contribution in [0.25, 0.3) is 11.4 Å². The van der Waals surface area contributed by atoms with Gasteiger partial charge in [-0.3, -0.25) is 4.57 Å². The summed E-state index contributed by atoms with van der Waals surface area (Å²) in [7, 11) is 1.61. The van der Waals surface area contributed by atoms with Crippen LogP contribution in [-0.2, 0) is 6.54 Å². The maximum atomic E-state index is 12.9. The van der Waals surface area contributed by atoms with Crippen molar-refractivity contribution in [2.24, 2.45) is 0 Å². The standard InChI is InChI=1S/C21H21Cl2N5O3/c1-31-16-7-2-13(3-8-16)19-26-27(21(30)28(19)15-5-6-15)11-10-24-20(29)25-14-4-9-17(22)18(23)12-14/h2-4,7-9,12,15H,5-6,10-11H2,1H3,(H2,24,25,29). The first-order valence-electron chi connectivity index (χ1n) is 9.80. The van der Waals surface area contributed by atoms with Gasteiger partial charge in [0, 0.05) is 23.8 Å². The Morgan fingerprint density at radius 3 is 2.55 bits per heavy atom. The summed E-state index contributed by atoms with van der Waals surface area (Å²) in [6.07, 6.45) is 1.91. The number of ether oxygens (including phenoxy) is 1.